The minimum absolute atomic E-state index is 0.168. The highest BCUT2D eigenvalue weighted by Crippen LogP contribution is 2.33. The van der Waals surface area contributed by atoms with Crippen LogP contribution in [0.3, 0.4) is 0 Å². The zero-order valence-corrected chi connectivity index (χ0v) is 12.7. The minimum Gasteiger partial charge on any atom is -0.477 e. The van der Waals surface area contributed by atoms with Gasteiger partial charge in [-0.1, -0.05) is 6.92 Å². The molecule has 4 heteroatoms. The Balaban J connectivity index is 2.57. The first-order chi connectivity index (χ1) is 9.93. The number of H-pyrrole nitrogens is 1. The predicted octanol–water partition coefficient (Wildman–Crippen LogP) is 3.90. The van der Waals surface area contributed by atoms with Gasteiger partial charge in [-0.15, -0.1) is 0 Å². The molecule has 0 bridgehead atoms. The maximum atomic E-state index is 11.5. The molecule has 0 amide bonds. The van der Waals surface area contributed by atoms with Crippen molar-refractivity contribution in [2.24, 2.45) is 0 Å². The molecule has 3 aromatic rings. The Bertz CT molecular complexity index is 891. The van der Waals surface area contributed by atoms with Gasteiger partial charge in [0.2, 0.25) is 0 Å². The third-order valence-corrected chi connectivity index (χ3v) is 4.20. The van der Waals surface area contributed by atoms with Crippen molar-refractivity contribution in [1.29, 1.82) is 0 Å². The van der Waals surface area contributed by atoms with E-state index in [4.69, 9.17) is 0 Å². The number of aryl methyl sites for hydroxylation is 4. The number of benzene rings is 1. The fourth-order valence-electron chi connectivity index (χ4n) is 2.97. The number of hydrogen-bond donors (Lipinski definition) is 2. The number of carboxylic acids is 1. The molecule has 0 unspecified atom stereocenters. The van der Waals surface area contributed by atoms with Crippen LogP contribution < -0.4 is 0 Å². The van der Waals surface area contributed by atoms with Crippen molar-refractivity contribution < 1.29 is 9.90 Å². The molecular weight excluding hydrogens is 264 g/mol. The molecule has 0 spiro atoms. The molecule has 2 heterocycles. The van der Waals surface area contributed by atoms with Crippen molar-refractivity contribution in [3.8, 4) is 0 Å². The molecule has 0 saturated carbocycles. The van der Waals surface area contributed by atoms with Gasteiger partial charge in [-0.3, -0.25) is 0 Å². The topological polar surface area (TPSA) is 66.0 Å². The summed E-state index contributed by atoms with van der Waals surface area (Å²) in [5.41, 5.74) is 6.10. The van der Waals surface area contributed by atoms with Crippen LogP contribution in [-0.4, -0.2) is 21.0 Å². The number of aromatic amines is 1. The van der Waals surface area contributed by atoms with E-state index in [0.717, 1.165) is 33.1 Å². The van der Waals surface area contributed by atoms with Crippen molar-refractivity contribution in [2.75, 3.05) is 0 Å². The second-order valence-corrected chi connectivity index (χ2v) is 5.54. The second kappa shape index (κ2) is 4.58. The number of pyridine rings is 1. The standard InChI is InChI=1S/C17H18N2O2/c1-5-11-14-12-6-8(2)9(3)7-13(12)19-15(14)10(4)18-16(11)17(20)21/h6-7,19H,5H2,1-4H3,(H,20,21). The normalized spacial score (nSPS) is 11.4. The average molecular weight is 282 g/mol. The van der Waals surface area contributed by atoms with Gasteiger partial charge in [0, 0.05) is 16.3 Å². The fourth-order valence-corrected chi connectivity index (χ4v) is 2.97. The van der Waals surface area contributed by atoms with Gasteiger partial charge in [-0.05, 0) is 56.0 Å². The first-order valence-electron chi connectivity index (χ1n) is 7.09. The van der Waals surface area contributed by atoms with E-state index in [1.54, 1.807) is 0 Å². The lowest BCUT2D eigenvalue weighted by molar-refractivity contribution is 0.0689. The Kier molecular flexibility index (Phi) is 2.97. The molecule has 0 saturated heterocycles. The molecule has 3 rings (SSSR count). The summed E-state index contributed by atoms with van der Waals surface area (Å²) in [6, 6.07) is 4.25. The third kappa shape index (κ3) is 1.90. The monoisotopic (exact) mass is 282 g/mol. The van der Waals surface area contributed by atoms with E-state index in [9.17, 15) is 9.90 Å². The third-order valence-electron chi connectivity index (χ3n) is 4.20. The molecule has 0 atom stereocenters. The summed E-state index contributed by atoms with van der Waals surface area (Å²) in [6.07, 6.45) is 0.644. The Morgan fingerprint density at radius 2 is 1.90 bits per heavy atom. The largest absolute Gasteiger partial charge is 0.477 e. The van der Waals surface area contributed by atoms with E-state index in [1.807, 2.05) is 13.8 Å². The Labute approximate surface area is 122 Å². The number of nitrogens with zero attached hydrogens (tertiary/aromatic N) is 1. The van der Waals surface area contributed by atoms with Gasteiger partial charge < -0.3 is 10.1 Å². The van der Waals surface area contributed by atoms with Crippen molar-refractivity contribution in [2.45, 2.75) is 34.1 Å². The van der Waals surface area contributed by atoms with Crippen LogP contribution in [0.2, 0.25) is 0 Å². The zero-order chi connectivity index (χ0) is 15.3. The summed E-state index contributed by atoms with van der Waals surface area (Å²) in [4.78, 5) is 19.2. The Hall–Kier alpha value is -2.36. The van der Waals surface area contributed by atoms with E-state index in [0.29, 0.717) is 6.42 Å². The van der Waals surface area contributed by atoms with Crippen LogP contribution in [0.15, 0.2) is 12.1 Å². The van der Waals surface area contributed by atoms with Gasteiger partial charge >= 0.3 is 5.97 Å². The number of carbonyl (C=O) groups is 1. The van der Waals surface area contributed by atoms with Gasteiger partial charge in [0.15, 0.2) is 5.69 Å². The summed E-state index contributed by atoms with van der Waals surface area (Å²) in [5.74, 6) is -0.963. The van der Waals surface area contributed by atoms with Gasteiger partial charge in [-0.25, -0.2) is 9.78 Å². The number of carboxylic acid groups (broad SMARTS) is 1. The van der Waals surface area contributed by atoms with Crippen LogP contribution in [0.25, 0.3) is 21.8 Å². The molecule has 21 heavy (non-hydrogen) atoms. The van der Waals surface area contributed by atoms with Gasteiger partial charge in [0.25, 0.3) is 0 Å². The SMILES string of the molecule is CCc1c(C(=O)O)nc(C)c2[nH]c3cc(C)c(C)cc3c12. The lowest BCUT2D eigenvalue weighted by atomic mass is 9.99. The zero-order valence-electron chi connectivity index (χ0n) is 12.7. The highest BCUT2D eigenvalue weighted by atomic mass is 16.4. The highest BCUT2D eigenvalue weighted by Gasteiger charge is 2.19. The second-order valence-electron chi connectivity index (χ2n) is 5.54. The fraction of sp³-hybridized carbons (Fsp3) is 0.294. The number of nitrogens with one attached hydrogen (secondary N) is 1. The smallest absolute Gasteiger partial charge is 0.354 e. The molecule has 0 aliphatic carbocycles. The van der Waals surface area contributed by atoms with Crippen molar-refractivity contribution in [3.05, 3.63) is 40.2 Å². The molecule has 2 N–H and O–H groups in total. The van der Waals surface area contributed by atoms with E-state index in [-0.39, 0.29) is 5.69 Å². The average Bonchev–Trinajstić information content (AvgIpc) is 2.78. The lowest BCUT2D eigenvalue weighted by Crippen LogP contribution is -2.07. The molecule has 4 nitrogen and oxygen atoms in total. The maximum Gasteiger partial charge on any atom is 0.354 e. The minimum atomic E-state index is -0.963. The first-order valence-corrected chi connectivity index (χ1v) is 7.09. The molecule has 0 aliphatic rings. The maximum absolute atomic E-state index is 11.5. The number of aromatic carboxylic acids is 1. The van der Waals surface area contributed by atoms with E-state index < -0.39 is 5.97 Å². The van der Waals surface area contributed by atoms with Gasteiger partial charge in [0.05, 0.1) is 11.2 Å². The molecule has 1 aromatic carbocycles. The molecule has 0 fully saturated rings. The van der Waals surface area contributed by atoms with Crippen LogP contribution in [0.4, 0.5) is 0 Å². The van der Waals surface area contributed by atoms with E-state index in [2.05, 4.69) is 35.9 Å². The summed E-state index contributed by atoms with van der Waals surface area (Å²) in [6.45, 7) is 7.97. The molecule has 2 aromatic heterocycles. The van der Waals surface area contributed by atoms with Crippen molar-refractivity contribution >= 4 is 27.8 Å². The van der Waals surface area contributed by atoms with E-state index >= 15 is 0 Å². The Morgan fingerprint density at radius 1 is 1.24 bits per heavy atom. The highest BCUT2D eigenvalue weighted by molar-refractivity contribution is 6.12. The summed E-state index contributed by atoms with van der Waals surface area (Å²) >= 11 is 0. The molecule has 0 aliphatic heterocycles. The predicted molar refractivity (Wildman–Crippen MR) is 84.1 cm³/mol. The lowest BCUT2D eigenvalue weighted by Gasteiger charge is -2.08. The van der Waals surface area contributed by atoms with Gasteiger partial charge in [0.1, 0.15) is 0 Å². The van der Waals surface area contributed by atoms with Crippen molar-refractivity contribution in [1.82, 2.24) is 9.97 Å². The summed E-state index contributed by atoms with van der Waals surface area (Å²) in [7, 11) is 0. The Morgan fingerprint density at radius 3 is 2.52 bits per heavy atom. The number of fused-ring (bicyclic) bond motifs is 3. The number of hydrogen-bond acceptors (Lipinski definition) is 2. The van der Waals surface area contributed by atoms with Crippen molar-refractivity contribution in [3.63, 3.8) is 0 Å². The first kappa shape index (κ1) is 13.6. The molecule has 108 valence electrons. The number of rotatable bonds is 2. The van der Waals surface area contributed by atoms with E-state index in [1.165, 1.54) is 11.1 Å². The van der Waals surface area contributed by atoms with Crippen LogP contribution in [0.5, 0.6) is 0 Å². The summed E-state index contributed by atoms with van der Waals surface area (Å²) < 4.78 is 0. The van der Waals surface area contributed by atoms with Crippen LogP contribution >= 0.6 is 0 Å². The van der Waals surface area contributed by atoms with Crippen LogP contribution in [0.1, 0.15) is 39.8 Å². The summed E-state index contributed by atoms with van der Waals surface area (Å²) in [5, 5.41) is 11.5. The van der Waals surface area contributed by atoms with Crippen LogP contribution in [-0.2, 0) is 6.42 Å². The quantitative estimate of drug-likeness (QED) is 0.749. The molecule has 0 radical (unpaired) electrons. The van der Waals surface area contributed by atoms with Gasteiger partial charge in [-0.2, -0.15) is 0 Å². The molecular formula is C17H18N2O2. The van der Waals surface area contributed by atoms with Crippen LogP contribution in [0, 0.1) is 20.8 Å². The number of aromatic nitrogens is 2.